The minimum atomic E-state index is -0.341. The first-order valence-corrected chi connectivity index (χ1v) is 8.73. The number of nitrogens with zero attached hydrogens (tertiary/aromatic N) is 3. The Kier molecular flexibility index (Phi) is 5.76. The second-order valence-electron chi connectivity index (χ2n) is 6.19. The molecule has 0 fully saturated rings. The van der Waals surface area contributed by atoms with Crippen LogP contribution in [0.3, 0.4) is 0 Å². The summed E-state index contributed by atoms with van der Waals surface area (Å²) in [4.78, 5) is 11.3. The maximum atomic E-state index is 9.34. The molecule has 0 radical (unpaired) electrons. The van der Waals surface area contributed by atoms with Crippen LogP contribution in [0.15, 0.2) is 60.7 Å². The zero-order valence-electron chi connectivity index (χ0n) is 15.7. The standard InChI is InChI=1S/C11H12N2O.C10H10N2O2/c1-8-10(7-14)13-11(12-8)9-5-3-2-4-6-9;1-12-8(11-9(13)10(12)14)7-5-3-2-4-6-7/h2-6,14H,7H2,1H3,(H,12,13);2-6,13-14H,1H3. The molecule has 0 unspecified atom stereocenters. The van der Waals surface area contributed by atoms with Gasteiger partial charge in [0.05, 0.1) is 12.3 Å². The van der Waals surface area contributed by atoms with Crippen LogP contribution in [0.5, 0.6) is 11.8 Å². The van der Waals surface area contributed by atoms with E-state index in [-0.39, 0.29) is 18.4 Å². The van der Waals surface area contributed by atoms with Crippen LogP contribution in [0, 0.1) is 6.92 Å². The lowest BCUT2D eigenvalue weighted by Gasteiger charge is -2.00. The molecular formula is C21H22N4O3. The minimum Gasteiger partial charge on any atom is -0.491 e. The molecule has 0 saturated carbocycles. The molecule has 2 heterocycles. The van der Waals surface area contributed by atoms with Gasteiger partial charge in [0.1, 0.15) is 11.6 Å². The summed E-state index contributed by atoms with van der Waals surface area (Å²) in [5.41, 5.74) is 3.52. The molecule has 144 valence electrons. The first-order chi connectivity index (χ1) is 13.5. The Morgan fingerprint density at radius 3 is 1.93 bits per heavy atom. The van der Waals surface area contributed by atoms with Crippen molar-refractivity contribution in [1.82, 2.24) is 19.5 Å². The SMILES string of the molecule is Cc1[nH]c(-c2ccccc2)nc1CO.Cn1c(-c2ccccc2)nc(O)c1O. The zero-order valence-corrected chi connectivity index (χ0v) is 15.7. The van der Waals surface area contributed by atoms with Gasteiger partial charge >= 0.3 is 0 Å². The number of aliphatic hydroxyl groups excluding tert-OH is 1. The number of hydrogen-bond acceptors (Lipinski definition) is 5. The third-order valence-electron chi connectivity index (χ3n) is 4.26. The molecule has 2 aromatic carbocycles. The number of rotatable bonds is 3. The van der Waals surface area contributed by atoms with Crippen LogP contribution < -0.4 is 0 Å². The molecule has 0 aliphatic rings. The van der Waals surface area contributed by atoms with Crippen molar-refractivity contribution in [3.8, 4) is 34.5 Å². The molecule has 0 saturated heterocycles. The van der Waals surface area contributed by atoms with Gasteiger partial charge in [0.25, 0.3) is 11.8 Å². The van der Waals surface area contributed by atoms with E-state index in [9.17, 15) is 10.2 Å². The van der Waals surface area contributed by atoms with E-state index in [4.69, 9.17) is 5.11 Å². The van der Waals surface area contributed by atoms with Crippen molar-refractivity contribution in [1.29, 1.82) is 0 Å². The second-order valence-corrected chi connectivity index (χ2v) is 6.19. The molecule has 0 spiro atoms. The fourth-order valence-electron chi connectivity index (χ4n) is 2.70. The van der Waals surface area contributed by atoms with Crippen molar-refractivity contribution < 1.29 is 15.3 Å². The number of aromatic nitrogens is 4. The largest absolute Gasteiger partial charge is 0.491 e. The number of hydrogen-bond donors (Lipinski definition) is 4. The number of aromatic hydroxyl groups is 2. The van der Waals surface area contributed by atoms with E-state index in [0.29, 0.717) is 11.5 Å². The fourth-order valence-corrected chi connectivity index (χ4v) is 2.70. The lowest BCUT2D eigenvalue weighted by Crippen LogP contribution is -1.91. The molecule has 4 N–H and O–H groups in total. The van der Waals surface area contributed by atoms with Gasteiger partial charge in [-0.05, 0) is 6.92 Å². The number of benzene rings is 2. The predicted octanol–water partition coefficient (Wildman–Crippen LogP) is 3.38. The minimum absolute atomic E-state index is 0.0187. The lowest BCUT2D eigenvalue weighted by atomic mass is 10.2. The summed E-state index contributed by atoms with van der Waals surface area (Å²) < 4.78 is 1.44. The maximum Gasteiger partial charge on any atom is 0.275 e. The fraction of sp³-hybridized carbons (Fsp3) is 0.143. The molecule has 0 bridgehead atoms. The summed E-state index contributed by atoms with van der Waals surface area (Å²) in [6.45, 7) is 1.89. The van der Waals surface area contributed by atoms with Gasteiger partial charge in [0, 0.05) is 23.9 Å². The van der Waals surface area contributed by atoms with E-state index >= 15 is 0 Å². The first kappa shape index (κ1) is 19.2. The lowest BCUT2D eigenvalue weighted by molar-refractivity contribution is 0.276. The van der Waals surface area contributed by atoms with Crippen molar-refractivity contribution in [2.75, 3.05) is 0 Å². The highest BCUT2D eigenvalue weighted by Gasteiger charge is 2.13. The van der Waals surface area contributed by atoms with Crippen molar-refractivity contribution in [3.05, 3.63) is 72.1 Å². The first-order valence-electron chi connectivity index (χ1n) is 8.73. The molecule has 7 heteroatoms. The number of nitrogens with one attached hydrogen (secondary N) is 1. The van der Waals surface area contributed by atoms with Gasteiger partial charge < -0.3 is 20.3 Å². The van der Waals surface area contributed by atoms with Crippen LogP contribution in [-0.2, 0) is 13.7 Å². The van der Waals surface area contributed by atoms with E-state index < -0.39 is 0 Å². The van der Waals surface area contributed by atoms with E-state index in [2.05, 4.69) is 15.0 Å². The second kappa shape index (κ2) is 8.41. The summed E-state index contributed by atoms with van der Waals surface area (Å²) in [6.07, 6.45) is 0. The molecule has 0 amide bonds. The topological polar surface area (TPSA) is 107 Å². The van der Waals surface area contributed by atoms with Crippen molar-refractivity contribution >= 4 is 0 Å². The highest BCUT2D eigenvalue weighted by Crippen LogP contribution is 2.29. The van der Waals surface area contributed by atoms with Crippen LogP contribution in [-0.4, -0.2) is 34.8 Å². The van der Waals surface area contributed by atoms with Gasteiger partial charge in [0.15, 0.2) is 0 Å². The number of aliphatic hydroxyl groups is 1. The average molecular weight is 378 g/mol. The maximum absolute atomic E-state index is 9.34. The molecule has 0 aliphatic carbocycles. The normalized spacial score (nSPS) is 10.4. The predicted molar refractivity (Wildman–Crippen MR) is 107 cm³/mol. The van der Waals surface area contributed by atoms with Crippen molar-refractivity contribution in [2.24, 2.45) is 7.05 Å². The Balaban J connectivity index is 0.000000161. The van der Waals surface area contributed by atoms with Gasteiger partial charge in [-0.25, -0.2) is 4.98 Å². The molecule has 7 nitrogen and oxygen atoms in total. The third-order valence-corrected chi connectivity index (χ3v) is 4.26. The zero-order chi connectivity index (χ0) is 20.1. The number of imidazole rings is 2. The molecule has 28 heavy (non-hydrogen) atoms. The van der Waals surface area contributed by atoms with Gasteiger partial charge in [0.2, 0.25) is 0 Å². The van der Waals surface area contributed by atoms with Gasteiger partial charge in [-0.1, -0.05) is 60.7 Å². The van der Waals surface area contributed by atoms with Crippen molar-refractivity contribution in [2.45, 2.75) is 13.5 Å². The molecule has 0 aliphatic heterocycles. The van der Waals surface area contributed by atoms with Gasteiger partial charge in [-0.15, -0.1) is 0 Å². The average Bonchev–Trinajstić information content (AvgIpc) is 3.24. The van der Waals surface area contributed by atoms with Crippen LogP contribution in [0.2, 0.25) is 0 Å². The molecular weight excluding hydrogens is 356 g/mol. The Bertz CT molecular complexity index is 1040. The quantitative estimate of drug-likeness (QED) is 0.437. The van der Waals surface area contributed by atoms with Crippen LogP contribution in [0.4, 0.5) is 0 Å². The Morgan fingerprint density at radius 1 is 0.893 bits per heavy atom. The molecule has 4 rings (SSSR count). The Morgan fingerprint density at radius 2 is 1.46 bits per heavy atom. The molecule has 4 aromatic rings. The number of H-pyrrole nitrogens is 1. The smallest absolute Gasteiger partial charge is 0.275 e. The summed E-state index contributed by atoms with van der Waals surface area (Å²) in [6, 6.07) is 19.2. The molecule has 2 aromatic heterocycles. The monoisotopic (exact) mass is 378 g/mol. The van der Waals surface area contributed by atoms with Gasteiger partial charge in [-0.2, -0.15) is 4.98 Å². The Labute approximate surface area is 162 Å². The van der Waals surface area contributed by atoms with E-state index in [0.717, 1.165) is 22.6 Å². The van der Waals surface area contributed by atoms with Crippen molar-refractivity contribution in [3.63, 3.8) is 0 Å². The molecule has 0 atom stereocenters. The van der Waals surface area contributed by atoms with Crippen LogP contribution in [0.25, 0.3) is 22.8 Å². The van der Waals surface area contributed by atoms with Crippen LogP contribution in [0.1, 0.15) is 11.4 Å². The third kappa shape index (κ3) is 4.05. The summed E-state index contributed by atoms with van der Waals surface area (Å²) in [7, 11) is 1.64. The summed E-state index contributed by atoms with van der Waals surface area (Å²) in [5, 5.41) is 27.5. The van der Waals surface area contributed by atoms with Crippen LogP contribution >= 0.6 is 0 Å². The Hall–Kier alpha value is -3.58. The number of aromatic amines is 1. The van der Waals surface area contributed by atoms with Gasteiger partial charge in [-0.3, -0.25) is 4.57 Å². The highest BCUT2D eigenvalue weighted by atomic mass is 16.3. The van der Waals surface area contributed by atoms with E-state index in [1.807, 2.05) is 67.6 Å². The van der Waals surface area contributed by atoms with E-state index in [1.165, 1.54) is 4.57 Å². The highest BCUT2D eigenvalue weighted by molar-refractivity contribution is 5.58. The van der Waals surface area contributed by atoms with E-state index in [1.54, 1.807) is 7.05 Å². The summed E-state index contributed by atoms with van der Waals surface area (Å²) >= 11 is 0. The summed E-state index contributed by atoms with van der Waals surface area (Å²) in [5.74, 6) is 0.794. The number of aryl methyl sites for hydroxylation is 1.